The Hall–Kier alpha value is -2.53. The smallest absolute Gasteiger partial charge is 0.269 e. The minimum absolute atomic E-state index is 0.0595. The molecule has 0 saturated carbocycles. The summed E-state index contributed by atoms with van der Waals surface area (Å²) in [4.78, 5) is 10.8. The molecule has 25 heavy (non-hydrogen) atoms. The van der Waals surface area contributed by atoms with Crippen LogP contribution in [0.3, 0.4) is 0 Å². The SMILES string of the molecule is COc1ccc2c(c1)[C@H]1C=CC[C@H]1[C@H](c1cc([N+](=O)[O-])ccc1Cl)N2. The first-order valence-electron chi connectivity index (χ1n) is 8.13. The molecule has 6 heteroatoms. The van der Waals surface area contributed by atoms with E-state index in [2.05, 4.69) is 23.5 Å². The lowest BCUT2D eigenvalue weighted by Gasteiger charge is -2.37. The number of nitro benzene ring substituents is 1. The van der Waals surface area contributed by atoms with Gasteiger partial charge in [-0.15, -0.1) is 0 Å². The second-order valence-electron chi connectivity index (χ2n) is 6.39. The summed E-state index contributed by atoms with van der Waals surface area (Å²) in [6, 6.07) is 10.5. The van der Waals surface area contributed by atoms with E-state index in [-0.39, 0.29) is 28.5 Å². The van der Waals surface area contributed by atoms with Crippen molar-refractivity contribution in [1.29, 1.82) is 0 Å². The first-order chi connectivity index (χ1) is 12.1. The Bertz CT molecular complexity index is 881. The lowest BCUT2D eigenvalue weighted by Crippen LogP contribution is -2.29. The molecule has 128 valence electrons. The number of ether oxygens (including phenoxy) is 1. The molecule has 1 N–H and O–H groups in total. The molecule has 1 heterocycles. The molecule has 0 spiro atoms. The van der Waals surface area contributed by atoms with Gasteiger partial charge in [-0.3, -0.25) is 10.1 Å². The average molecular weight is 357 g/mol. The van der Waals surface area contributed by atoms with Crippen LogP contribution in [0, 0.1) is 16.0 Å². The highest BCUT2D eigenvalue weighted by molar-refractivity contribution is 6.31. The summed E-state index contributed by atoms with van der Waals surface area (Å²) in [5.74, 6) is 1.33. The molecule has 0 bridgehead atoms. The van der Waals surface area contributed by atoms with Gasteiger partial charge in [0.1, 0.15) is 5.75 Å². The van der Waals surface area contributed by atoms with Crippen LogP contribution in [0.1, 0.15) is 29.5 Å². The fraction of sp³-hybridized carbons (Fsp3) is 0.263. The van der Waals surface area contributed by atoms with Gasteiger partial charge in [0.25, 0.3) is 5.69 Å². The first kappa shape index (κ1) is 16.0. The van der Waals surface area contributed by atoms with E-state index in [0.29, 0.717) is 5.02 Å². The van der Waals surface area contributed by atoms with Crippen LogP contribution in [0.2, 0.25) is 5.02 Å². The normalized spacial score (nSPS) is 23.5. The molecular weight excluding hydrogens is 340 g/mol. The Labute approximate surface area is 150 Å². The first-order valence-corrected chi connectivity index (χ1v) is 8.51. The van der Waals surface area contributed by atoms with Gasteiger partial charge in [0.15, 0.2) is 0 Å². The topological polar surface area (TPSA) is 64.4 Å². The lowest BCUT2D eigenvalue weighted by molar-refractivity contribution is -0.384. The van der Waals surface area contributed by atoms with Crippen molar-refractivity contribution in [2.24, 2.45) is 5.92 Å². The van der Waals surface area contributed by atoms with Gasteiger partial charge in [0.2, 0.25) is 0 Å². The lowest BCUT2D eigenvalue weighted by atomic mass is 9.77. The Morgan fingerprint density at radius 2 is 2.08 bits per heavy atom. The molecular formula is C19H17ClN2O3. The summed E-state index contributed by atoms with van der Waals surface area (Å²) in [7, 11) is 1.66. The fourth-order valence-corrected chi connectivity index (χ4v) is 4.13. The summed E-state index contributed by atoms with van der Waals surface area (Å²) in [5, 5.41) is 15.2. The van der Waals surface area contributed by atoms with Crippen LogP contribution in [0.5, 0.6) is 5.75 Å². The molecule has 0 radical (unpaired) electrons. The minimum atomic E-state index is -0.383. The van der Waals surface area contributed by atoms with Gasteiger partial charge < -0.3 is 10.1 Å². The second-order valence-corrected chi connectivity index (χ2v) is 6.80. The third-order valence-corrected chi connectivity index (χ3v) is 5.44. The van der Waals surface area contributed by atoms with Crippen molar-refractivity contribution in [1.82, 2.24) is 0 Å². The van der Waals surface area contributed by atoms with Crippen LogP contribution in [0.15, 0.2) is 48.6 Å². The molecule has 3 atom stereocenters. The maximum Gasteiger partial charge on any atom is 0.269 e. The average Bonchev–Trinajstić information content (AvgIpc) is 3.11. The van der Waals surface area contributed by atoms with E-state index in [4.69, 9.17) is 16.3 Å². The van der Waals surface area contributed by atoms with Gasteiger partial charge >= 0.3 is 0 Å². The Balaban J connectivity index is 1.80. The van der Waals surface area contributed by atoms with Crippen molar-refractivity contribution in [3.63, 3.8) is 0 Å². The monoisotopic (exact) mass is 356 g/mol. The third kappa shape index (κ3) is 2.65. The van der Waals surface area contributed by atoms with Crippen LogP contribution in [0.4, 0.5) is 11.4 Å². The molecule has 0 saturated heterocycles. The van der Waals surface area contributed by atoms with Crippen LogP contribution >= 0.6 is 11.6 Å². The van der Waals surface area contributed by atoms with Gasteiger partial charge in [0, 0.05) is 34.3 Å². The molecule has 5 nitrogen and oxygen atoms in total. The molecule has 4 rings (SSSR count). The van der Waals surface area contributed by atoms with Gasteiger partial charge in [-0.1, -0.05) is 23.8 Å². The molecule has 2 aliphatic rings. The number of allylic oxidation sites excluding steroid dienone is 2. The third-order valence-electron chi connectivity index (χ3n) is 5.10. The van der Waals surface area contributed by atoms with Crippen LogP contribution < -0.4 is 10.1 Å². The molecule has 0 aromatic heterocycles. The van der Waals surface area contributed by atoms with Gasteiger partial charge in [-0.2, -0.15) is 0 Å². The standard InChI is InChI=1S/C19H17ClN2O3/c1-25-12-6-8-18-15(10-12)13-3-2-4-14(13)19(21-18)16-9-11(22(23)24)5-7-17(16)20/h2-3,5-10,13-14,19,21H,4H2,1H3/t13-,14+,19+/m0/s1. The van der Waals surface area contributed by atoms with Crippen molar-refractivity contribution in [3.8, 4) is 5.75 Å². The van der Waals surface area contributed by atoms with Crippen LogP contribution in [-0.4, -0.2) is 12.0 Å². The zero-order valence-corrected chi connectivity index (χ0v) is 14.4. The number of non-ortho nitro benzene ring substituents is 1. The minimum Gasteiger partial charge on any atom is -0.497 e. The Kier molecular flexibility index (Phi) is 3.88. The highest BCUT2D eigenvalue weighted by atomic mass is 35.5. The fourth-order valence-electron chi connectivity index (χ4n) is 3.89. The number of hydrogen-bond donors (Lipinski definition) is 1. The van der Waals surface area contributed by atoms with E-state index in [1.165, 1.54) is 11.6 Å². The van der Waals surface area contributed by atoms with Gasteiger partial charge in [-0.05, 0) is 42.2 Å². The summed E-state index contributed by atoms with van der Waals surface area (Å²) in [6.45, 7) is 0. The number of rotatable bonds is 3. The summed E-state index contributed by atoms with van der Waals surface area (Å²) >= 11 is 6.40. The quantitative estimate of drug-likeness (QED) is 0.473. The Morgan fingerprint density at radius 3 is 2.84 bits per heavy atom. The van der Waals surface area contributed by atoms with Crippen molar-refractivity contribution in [2.75, 3.05) is 12.4 Å². The number of nitrogens with zero attached hydrogens (tertiary/aromatic N) is 1. The number of benzene rings is 2. The molecule has 0 amide bonds. The molecule has 2 aromatic carbocycles. The van der Waals surface area contributed by atoms with Crippen molar-refractivity contribution < 1.29 is 9.66 Å². The van der Waals surface area contributed by atoms with E-state index >= 15 is 0 Å². The predicted octanol–water partition coefficient (Wildman–Crippen LogP) is 5.08. The van der Waals surface area contributed by atoms with Crippen LogP contribution in [0.25, 0.3) is 0 Å². The van der Waals surface area contributed by atoms with Crippen molar-refractivity contribution >= 4 is 23.0 Å². The van der Waals surface area contributed by atoms with E-state index < -0.39 is 0 Å². The Morgan fingerprint density at radius 1 is 1.24 bits per heavy atom. The summed E-state index contributed by atoms with van der Waals surface area (Å²) < 4.78 is 5.35. The molecule has 2 aromatic rings. The highest BCUT2D eigenvalue weighted by Crippen LogP contribution is 2.51. The second kappa shape index (κ2) is 6.08. The number of hydrogen-bond acceptors (Lipinski definition) is 4. The molecule has 1 aliphatic heterocycles. The maximum absolute atomic E-state index is 11.2. The highest BCUT2D eigenvalue weighted by Gasteiger charge is 2.39. The van der Waals surface area contributed by atoms with E-state index in [0.717, 1.165) is 23.4 Å². The number of nitro groups is 1. The zero-order valence-electron chi connectivity index (χ0n) is 13.6. The van der Waals surface area contributed by atoms with Gasteiger partial charge in [-0.25, -0.2) is 0 Å². The zero-order chi connectivity index (χ0) is 17.6. The van der Waals surface area contributed by atoms with Crippen molar-refractivity contribution in [2.45, 2.75) is 18.4 Å². The summed E-state index contributed by atoms with van der Waals surface area (Å²) in [5.41, 5.74) is 3.04. The van der Waals surface area contributed by atoms with Gasteiger partial charge in [0.05, 0.1) is 18.1 Å². The predicted molar refractivity (Wildman–Crippen MR) is 97.5 cm³/mol. The van der Waals surface area contributed by atoms with E-state index in [1.54, 1.807) is 19.2 Å². The number of halogens is 1. The van der Waals surface area contributed by atoms with E-state index in [1.807, 2.05) is 12.1 Å². The number of nitrogens with one attached hydrogen (secondary N) is 1. The summed E-state index contributed by atoms with van der Waals surface area (Å²) in [6.07, 6.45) is 5.28. The number of anilines is 1. The van der Waals surface area contributed by atoms with E-state index in [9.17, 15) is 10.1 Å². The maximum atomic E-state index is 11.2. The number of fused-ring (bicyclic) bond motifs is 3. The van der Waals surface area contributed by atoms with Crippen LogP contribution in [-0.2, 0) is 0 Å². The van der Waals surface area contributed by atoms with Crippen molar-refractivity contribution in [3.05, 3.63) is 74.8 Å². The molecule has 0 unspecified atom stereocenters. The number of methoxy groups -OCH3 is 1. The largest absolute Gasteiger partial charge is 0.497 e. The molecule has 0 fully saturated rings. The molecule has 1 aliphatic carbocycles.